The van der Waals surface area contributed by atoms with E-state index in [9.17, 15) is 4.79 Å². The maximum atomic E-state index is 12.6. The quantitative estimate of drug-likeness (QED) is 0.926. The normalized spacial score (nSPS) is 29.7. The van der Waals surface area contributed by atoms with Gasteiger partial charge in [0.2, 0.25) is 0 Å². The first-order valence-corrected chi connectivity index (χ1v) is 9.88. The zero-order valence-electron chi connectivity index (χ0n) is 13.4. The number of nitrogens with zero attached hydrogens (tertiary/aromatic N) is 2. The van der Waals surface area contributed by atoms with Crippen LogP contribution in [0.4, 0.5) is 0 Å². The van der Waals surface area contributed by atoms with Crippen molar-refractivity contribution < 1.29 is 4.79 Å². The molecule has 3 fully saturated rings. The number of nitrogens with one attached hydrogen (secondary N) is 1. The van der Waals surface area contributed by atoms with Crippen LogP contribution >= 0.6 is 22.7 Å². The Kier molecular flexibility index (Phi) is 3.99. The number of fused-ring (bicyclic) bond motifs is 3. The molecule has 3 aliphatic rings. The highest BCUT2D eigenvalue weighted by atomic mass is 32.1. The molecule has 3 saturated heterocycles. The predicted molar refractivity (Wildman–Crippen MR) is 95.2 cm³/mol. The molecule has 3 aliphatic heterocycles. The summed E-state index contributed by atoms with van der Waals surface area (Å²) in [6.07, 6.45) is 2.42. The molecule has 5 heterocycles. The van der Waals surface area contributed by atoms with Crippen LogP contribution in [0, 0.1) is 12.8 Å². The number of rotatable bonds is 3. The van der Waals surface area contributed by atoms with E-state index >= 15 is 0 Å². The molecule has 122 valence electrons. The second-order valence-corrected chi connectivity index (χ2v) is 8.51. The highest BCUT2D eigenvalue weighted by molar-refractivity contribution is 7.22. The van der Waals surface area contributed by atoms with Crippen molar-refractivity contribution in [3.63, 3.8) is 0 Å². The monoisotopic (exact) mass is 347 g/mol. The molecule has 2 unspecified atom stereocenters. The molecule has 6 heteroatoms. The minimum Gasteiger partial charge on any atom is -0.347 e. The highest BCUT2D eigenvalue weighted by Gasteiger charge is 2.40. The average molecular weight is 348 g/mol. The molecule has 2 atom stereocenters. The van der Waals surface area contributed by atoms with E-state index in [0.29, 0.717) is 12.0 Å². The van der Waals surface area contributed by atoms with Crippen molar-refractivity contribution in [3.05, 3.63) is 28.1 Å². The van der Waals surface area contributed by atoms with E-state index in [0.717, 1.165) is 20.5 Å². The van der Waals surface area contributed by atoms with Crippen molar-refractivity contribution in [2.45, 2.75) is 38.8 Å². The first-order valence-electron chi connectivity index (χ1n) is 8.19. The summed E-state index contributed by atoms with van der Waals surface area (Å²) in [5, 5.41) is 6.35. The number of thiophene rings is 1. The summed E-state index contributed by atoms with van der Waals surface area (Å²) in [4.78, 5) is 21.5. The average Bonchev–Trinajstić information content (AvgIpc) is 3.20. The zero-order chi connectivity index (χ0) is 16.0. The summed E-state index contributed by atoms with van der Waals surface area (Å²) < 4.78 is 0. The molecular weight excluding hydrogens is 326 g/mol. The van der Waals surface area contributed by atoms with Crippen LogP contribution in [0.1, 0.15) is 35.1 Å². The molecule has 0 saturated carbocycles. The lowest BCUT2D eigenvalue weighted by atomic mass is 9.79. The Morgan fingerprint density at radius 1 is 1.35 bits per heavy atom. The van der Waals surface area contributed by atoms with Gasteiger partial charge in [-0.1, -0.05) is 0 Å². The van der Waals surface area contributed by atoms with Gasteiger partial charge in [0.1, 0.15) is 5.01 Å². The molecule has 4 nitrogen and oxygen atoms in total. The fraction of sp³-hybridized carbons (Fsp3) is 0.529. The first-order chi connectivity index (χ1) is 11.1. The second-order valence-electron chi connectivity index (χ2n) is 6.57. The van der Waals surface area contributed by atoms with Gasteiger partial charge in [0.15, 0.2) is 0 Å². The maximum Gasteiger partial charge on any atom is 0.261 e. The standard InChI is InChI=1S/C17H21N3OS2/c1-10-9-22-17(18-10)14-4-3-13(23-14)16(21)19-15-11(2)20-7-5-12(15)6-8-20/h3-4,9,11-12,15H,5-8H2,1-2H3,(H,19,21). The van der Waals surface area contributed by atoms with Gasteiger partial charge < -0.3 is 5.32 Å². The Labute approximate surface area is 144 Å². The Morgan fingerprint density at radius 2 is 2.13 bits per heavy atom. The second kappa shape index (κ2) is 6.00. The van der Waals surface area contributed by atoms with Gasteiger partial charge in [-0.3, -0.25) is 9.69 Å². The van der Waals surface area contributed by atoms with Crippen LogP contribution in [0.25, 0.3) is 9.88 Å². The molecular formula is C17H21N3OS2. The number of thiazole rings is 1. The van der Waals surface area contributed by atoms with E-state index in [2.05, 4.69) is 22.1 Å². The number of amides is 1. The van der Waals surface area contributed by atoms with E-state index in [1.807, 2.05) is 24.4 Å². The summed E-state index contributed by atoms with van der Waals surface area (Å²) in [7, 11) is 0. The number of carbonyl (C=O) groups is 1. The minimum atomic E-state index is 0.0696. The van der Waals surface area contributed by atoms with Gasteiger partial charge in [0.05, 0.1) is 9.75 Å². The molecule has 1 amide bonds. The van der Waals surface area contributed by atoms with Crippen LogP contribution < -0.4 is 5.32 Å². The third-order valence-electron chi connectivity index (χ3n) is 5.14. The molecule has 2 aromatic heterocycles. The van der Waals surface area contributed by atoms with Gasteiger partial charge in [0, 0.05) is 23.2 Å². The lowest BCUT2D eigenvalue weighted by Gasteiger charge is -2.49. The van der Waals surface area contributed by atoms with Crippen molar-refractivity contribution in [2.75, 3.05) is 13.1 Å². The van der Waals surface area contributed by atoms with Gasteiger partial charge in [0.25, 0.3) is 5.91 Å². The van der Waals surface area contributed by atoms with Gasteiger partial charge in [-0.15, -0.1) is 22.7 Å². The molecule has 1 N–H and O–H groups in total. The fourth-order valence-electron chi connectivity index (χ4n) is 3.81. The van der Waals surface area contributed by atoms with Crippen molar-refractivity contribution in [2.24, 2.45) is 5.92 Å². The number of carbonyl (C=O) groups excluding carboxylic acids is 1. The van der Waals surface area contributed by atoms with E-state index in [1.165, 1.54) is 37.3 Å². The molecule has 0 aliphatic carbocycles. The van der Waals surface area contributed by atoms with Crippen molar-refractivity contribution >= 4 is 28.6 Å². The van der Waals surface area contributed by atoms with Crippen LogP contribution in [0.2, 0.25) is 0 Å². The Bertz CT molecular complexity index is 713. The summed E-state index contributed by atoms with van der Waals surface area (Å²) in [5.74, 6) is 0.708. The maximum absolute atomic E-state index is 12.6. The van der Waals surface area contributed by atoms with E-state index in [-0.39, 0.29) is 11.9 Å². The molecule has 23 heavy (non-hydrogen) atoms. The molecule has 5 rings (SSSR count). The van der Waals surface area contributed by atoms with Crippen LogP contribution in [0.5, 0.6) is 0 Å². The molecule has 2 aromatic rings. The number of aromatic nitrogens is 1. The topological polar surface area (TPSA) is 45.2 Å². The minimum absolute atomic E-state index is 0.0696. The smallest absolute Gasteiger partial charge is 0.261 e. The van der Waals surface area contributed by atoms with Gasteiger partial charge in [-0.05, 0) is 57.8 Å². The summed E-state index contributed by atoms with van der Waals surface area (Å²) in [6, 6.07) is 4.68. The van der Waals surface area contributed by atoms with Crippen LogP contribution in [0.15, 0.2) is 17.5 Å². The lowest BCUT2D eigenvalue weighted by molar-refractivity contribution is 0.0218. The van der Waals surface area contributed by atoms with Crippen molar-refractivity contribution in [1.82, 2.24) is 15.2 Å². The number of hydrogen-bond donors (Lipinski definition) is 1. The Morgan fingerprint density at radius 3 is 2.78 bits per heavy atom. The van der Waals surface area contributed by atoms with E-state index in [4.69, 9.17) is 0 Å². The van der Waals surface area contributed by atoms with Crippen LogP contribution in [0.3, 0.4) is 0 Å². The molecule has 0 spiro atoms. The number of aryl methyl sites for hydroxylation is 1. The highest BCUT2D eigenvalue weighted by Crippen LogP contribution is 2.33. The van der Waals surface area contributed by atoms with E-state index < -0.39 is 0 Å². The van der Waals surface area contributed by atoms with E-state index in [1.54, 1.807) is 11.3 Å². The van der Waals surface area contributed by atoms with Gasteiger partial charge in [-0.25, -0.2) is 4.98 Å². The molecule has 2 bridgehead atoms. The predicted octanol–water partition coefficient (Wildman–Crippen LogP) is 3.39. The summed E-state index contributed by atoms with van der Waals surface area (Å²) in [6.45, 7) is 6.61. The van der Waals surface area contributed by atoms with Gasteiger partial charge >= 0.3 is 0 Å². The van der Waals surface area contributed by atoms with Crippen molar-refractivity contribution in [3.8, 4) is 9.88 Å². The molecule has 0 radical (unpaired) electrons. The number of piperidine rings is 3. The van der Waals surface area contributed by atoms with Gasteiger partial charge in [-0.2, -0.15) is 0 Å². The largest absolute Gasteiger partial charge is 0.347 e. The summed E-state index contributed by atoms with van der Waals surface area (Å²) >= 11 is 3.17. The van der Waals surface area contributed by atoms with Crippen molar-refractivity contribution in [1.29, 1.82) is 0 Å². The number of hydrogen-bond acceptors (Lipinski definition) is 5. The third-order valence-corrected chi connectivity index (χ3v) is 7.35. The lowest BCUT2D eigenvalue weighted by Crippen LogP contribution is -2.62. The SMILES string of the molecule is Cc1csc(-c2ccc(C(=O)NC3C4CCN(CC4)C3C)s2)n1. The van der Waals surface area contributed by atoms with Crippen LogP contribution in [-0.2, 0) is 0 Å². The fourth-order valence-corrected chi connectivity index (χ4v) is 5.59. The zero-order valence-corrected chi connectivity index (χ0v) is 15.0. The third kappa shape index (κ3) is 2.84. The molecule has 0 aromatic carbocycles. The Balaban J connectivity index is 1.48. The van der Waals surface area contributed by atoms with Crippen LogP contribution in [-0.4, -0.2) is 41.0 Å². The Hall–Kier alpha value is -1.24. The first kappa shape index (κ1) is 15.3. The summed E-state index contributed by atoms with van der Waals surface area (Å²) in [5.41, 5.74) is 1.03.